The summed E-state index contributed by atoms with van der Waals surface area (Å²) in [5.74, 6) is 0.595. The second kappa shape index (κ2) is 9.05. The molecule has 24 heavy (non-hydrogen) atoms. The number of nitrogens with zero attached hydrogens (tertiary/aromatic N) is 3. The maximum Gasteiger partial charge on any atom is 0.191 e. The highest BCUT2D eigenvalue weighted by atomic mass is 19.1. The number of hydrogen-bond donors (Lipinski definition) is 2. The minimum atomic E-state index is -0.179. The van der Waals surface area contributed by atoms with Crippen molar-refractivity contribution in [3.8, 4) is 0 Å². The number of aliphatic imine (C=N–C) groups is 1. The molecule has 0 fully saturated rings. The van der Waals surface area contributed by atoms with Gasteiger partial charge in [0.25, 0.3) is 0 Å². The predicted octanol–water partition coefficient (Wildman–Crippen LogP) is 2.78. The van der Waals surface area contributed by atoms with E-state index in [1.54, 1.807) is 13.0 Å². The molecule has 6 heteroatoms. The molecule has 0 radical (unpaired) electrons. The Bertz CT molecular complexity index is 678. The van der Waals surface area contributed by atoms with Gasteiger partial charge in [0.1, 0.15) is 5.82 Å². The van der Waals surface area contributed by atoms with E-state index in [0.29, 0.717) is 12.1 Å². The van der Waals surface area contributed by atoms with E-state index in [4.69, 9.17) is 0 Å². The van der Waals surface area contributed by atoms with Gasteiger partial charge in [0, 0.05) is 25.8 Å². The van der Waals surface area contributed by atoms with Gasteiger partial charge in [-0.25, -0.2) is 9.38 Å². The molecule has 1 aromatic heterocycles. The Morgan fingerprint density at radius 3 is 2.79 bits per heavy atom. The van der Waals surface area contributed by atoms with Crippen molar-refractivity contribution in [2.24, 2.45) is 4.99 Å². The number of nitrogens with one attached hydrogen (secondary N) is 2. The van der Waals surface area contributed by atoms with Gasteiger partial charge < -0.3 is 10.6 Å². The third-order valence-corrected chi connectivity index (χ3v) is 3.61. The smallest absolute Gasteiger partial charge is 0.191 e. The van der Waals surface area contributed by atoms with Crippen LogP contribution in [0, 0.1) is 19.7 Å². The van der Waals surface area contributed by atoms with Gasteiger partial charge in [-0.3, -0.25) is 4.68 Å². The third kappa shape index (κ3) is 5.68. The van der Waals surface area contributed by atoms with Gasteiger partial charge in [0.15, 0.2) is 5.96 Å². The fraction of sp³-hybridized carbons (Fsp3) is 0.444. The standard InChI is InChI=1S/C18H26FN5/c1-4-20-18(21-8-5-9-24-13-14(2)11-23-24)22-12-16-6-7-17(19)15(3)10-16/h6-7,10-11,13H,4-5,8-9,12H2,1-3H3,(H2,20,21,22). The highest BCUT2D eigenvalue weighted by Crippen LogP contribution is 2.10. The quantitative estimate of drug-likeness (QED) is 0.466. The molecule has 0 aliphatic heterocycles. The van der Waals surface area contributed by atoms with Crippen molar-refractivity contribution < 1.29 is 4.39 Å². The Morgan fingerprint density at radius 1 is 1.29 bits per heavy atom. The Hall–Kier alpha value is -2.37. The Labute approximate surface area is 143 Å². The van der Waals surface area contributed by atoms with Crippen LogP contribution in [0.2, 0.25) is 0 Å². The molecule has 2 N–H and O–H groups in total. The zero-order chi connectivity index (χ0) is 17.4. The lowest BCUT2D eigenvalue weighted by atomic mass is 10.1. The summed E-state index contributed by atoms with van der Waals surface area (Å²) in [6.45, 7) is 8.84. The van der Waals surface area contributed by atoms with Crippen molar-refractivity contribution in [1.29, 1.82) is 0 Å². The van der Waals surface area contributed by atoms with Crippen molar-refractivity contribution in [2.45, 2.75) is 40.3 Å². The molecule has 0 unspecified atom stereocenters. The molecule has 2 aromatic rings. The van der Waals surface area contributed by atoms with Gasteiger partial charge in [-0.1, -0.05) is 12.1 Å². The van der Waals surface area contributed by atoms with E-state index in [-0.39, 0.29) is 5.82 Å². The summed E-state index contributed by atoms with van der Waals surface area (Å²) in [5, 5.41) is 10.8. The number of benzene rings is 1. The first-order valence-corrected chi connectivity index (χ1v) is 8.34. The minimum absolute atomic E-state index is 0.179. The van der Waals surface area contributed by atoms with Crippen molar-refractivity contribution in [3.63, 3.8) is 0 Å². The SMILES string of the molecule is CCNC(=NCc1ccc(F)c(C)c1)NCCCn1cc(C)cn1. The van der Waals surface area contributed by atoms with Crippen LogP contribution in [0.5, 0.6) is 0 Å². The van der Waals surface area contributed by atoms with E-state index in [1.165, 1.54) is 11.6 Å². The Morgan fingerprint density at radius 2 is 2.12 bits per heavy atom. The van der Waals surface area contributed by atoms with E-state index >= 15 is 0 Å². The summed E-state index contributed by atoms with van der Waals surface area (Å²) >= 11 is 0. The van der Waals surface area contributed by atoms with E-state index in [0.717, 1.165) is 37.6 Å². The topological polar surface area (TPSA) is 54.2 Å². The molecule has 2 rings (SSSR count). The molecular formula is C18H26FN5. The number of aryl methyl sites for hydroxylation is 3. The molecule has 130 valence electrons. The second-order valence-electron chi connectivity index (χ2n) is 5.84. The van der Waals surface area contributed by atoms with Crippen LogP contribution in [0.4, 0.5) is 4.39 Å². The predicted molar refractivity (Wildman–Crippen MR) is 95.5 cm³/mol. The monoisotopic (exact) mass is 331 g/mol. The molecule has 0 atom stereocenters. The maximum atomic E-state index is 13.3. The van der Waals surface area contributed by atoms with Crippen molar-refractivity contribution in [2.75, 3.05) is 13.1 Å². The van der Waals surface area contributed by atoms with E-state index in [1.807, 2.05) is 37.0 Å². The Balaban J connectivity index is 1.82. The highest BCUT2D eigenvalue weighted by molar-refractivity contribution is 5.79. The molecule has 0 saturated heterocycles. The zero-order valence-corrected chi connectivity index (χ0v) is 14.6. The van der Waals surface area contributed by atoms with Crippen LogP contribution in [0.25, 0.3) is 0 Å². The summed E-state index contributed by atoms with van der Waals surface area (Å²) in [4.78, 5) is 4.55. The first-order chi connectivity index (χ1) is 11.6. The molecule has 5 nitrogen and oxygen atoms in total. The molecule has 0 aliphatic rings. The van der Waals surface area contributed by atoms with Crippen molar-refractivity contribution in [1.82, 2.24) is 20.4 Å². The fourth-order valence-corrected chi connectivity index (χ4v) is 2.35. The number of guanidine groups is 1. The number of aromatic nitrogens is 2. The molecule has 0 spiro atoms. The van der Waals surface area contributed by atoms with Gasteiger partial charge in [-0.15, -0.1) is 0 Å². The van der Waals surface area contributed by atoms with E-state index < -0.39 is 0 Å². The van der Waals surface area contributed by atoms with Crippen LogP contribution in [0.1, 0.15) is 30.0 Å². The Kier molecular flexibility index (Phi) is 6.78. The van der Waals surface area contributed by atoms with Crippen LogP contribution in [-0.4, -0.2) is 28.8 Å². The number of rotatable bonds is 7. The average molecular weight is 331 g/mol. The van der Waals surface area contributed by atoms with E-state index in [9.17, 15) is 4.39 Å². The van der Waals surface area contributed by atoms with Crippen LogP contribution in [0.3, 0.4) is 0 Å². The van der Waals surface area contributed by atoms with Gasteiger partial charge in [-0.05, 0) is 49.9 Å². The van der Waals surface area contributed by atoms with Gasteiger partial charge in [-0.2, -0.15) is 5.10 Å². The first-order valence-electron chi connectivity index (χ1n) is 8.34. The van der Waals surface area contributed by atoms with Crippen molar-refractivity contribution >= 4 is 5.96 Å². The second-order valence-corrected chi connectivity index (χ2v) is 5.84. The molecule has 0 aliphatic carbocycles. The van der Waals surface area contributed by atoms with Crippen LogP contribution in [-0.2, 0) is 13.1 Å². The zero-order valence-electron chi connectivity index (χ0n) is 14.6. The molecular weight excluding hydrogens is 305 g/mol. The number of hydrogen-bond acceptors (Lipinski definition) is 2. The lowest BCUT2D eigenvalue weighted by Gasteiger charge is -2.11. The lowest BCUT2D eigenvalue weighted by molar-refractivity contribution is 0.570. The largest absolute Gasteiger partial charge is 0.357 e. The summed E-state index contributed by atoms with van der Waals surface area (Å²) in [7, 11) is 0. The van der Waals surface area contributed by atoms with Gasteiger partial charge in [0.05, 0.1) is 12.7 Å². The molecule has 0 amide bonds. The summed E-state index contributed by atoms with van der Waals surface area (Å²) in [5.41, 5.74) is 2.82. The third-order valence-electron chi connectivity index (χ3n) is 3.61. The normalized spacial score (nSPS) is 11.6. The number of halogens is 1. The molecule has 1 heterocycles. The summed E-state index contributed by atoms with van der Waals surface area (Å²) in [6, 6.07) is 5.10. The fourth-order valence-electron chi connectivity index (χ4n) is 2.35. The van der Waals surface area contributed by atoms with E-state index in [2.05, 4.69) is 20.7 Å². The molecule has 0 bridgehead atoms. The van der Waals surface area contributed by atoms with Crippen LogP contribution < -0.4 is 10.6 Å². The summed E-state index contributed by atoms with van der Waals surface area (Å²) in [6.07, 6.45) is 4.86. The van der Waals surface area contributed by atoms with Gasteiger partial charge in [0.2, 0.25) is 0 Å². The highest BCUT2D eigenvalue weighted by Gasteiger charge is 2.01. The lowest BCUT2D eigenvalue weighted by Crippen LogP contribution is -2.38. The van der Waals surface area contributed by atoms with Crippen molar-refractivity contribution in [3.05, 3.63) is 53.1 Å². The van der Waals surface area contributed by atoms with Gasteiger partial charge >= 0.3 is 0 Å². The molecule has 1 aromatic carbocycles. The van der Waals surface area contributed by atoms with Crippen LogP contribution in [0.15, 0.2) is 35.6 Å². The maximum absolute atomic E-state index is 13.3. The van der Waals surface area contributed by atoms with Crippen LogP contribution >= 0.6 is 0 Å². The average Bonchev–Trinajstić information content (AvgIpc) is 2.97. The molecule has 0 saturated carbocycles. The minimum Gasteiger partial charge on any atom is -0.357 e. The summed E-state index contributed by atoms with van der Waals surface area (Å²) < 4.78 is 15.2. The first kappa shape index (κ1) is 18.0.